The largest absolute Gasteiger partial charge is 0.481 e. The predicted octanol–water partition coefficient (Wildman–Crippen LogP) is 2.48. The maximum absolute atomic E-state index is 11.2. The molecule has 4 unspecified atom stereocenters. The van der Waals surface area contributed by atoms with E-state index >= 15 is 0 Å². The molecule has 3 saturated carbocycles. The molecular formula is C12H14Cl2N4O2. The van der Waals surface area contributed by atoms with Crippen molar-refractivity contribution in [1.29, 1.82) is 0 Å². The van der Waals surface area contributed by atoms with Gasteiger partial charge in [-0.05, 0) is 60.7 Å². The Morgan fingerprint density at radius 1 is 1.10 bits per heavy atom. The predicted molar refractivity (Wildman–Crippen MR) is 73.8 cm³/mol. The summed E-state index contributed by atoms with van der Waals surface area (Å²) in [5.41, 5.74) is 0. The van der Waals surface area contributed by atoms with Gasteiger partial charge in [-0.3, -0.25) is 4.79 Å². The Bertz CT molecular complexity index is 522. The van der Waals surface area contributed by atoms with Crippen LogP contribution in [-0.2, 0) is 4.79 Å². The van der Waals surface area contributed by atoms with Crippen molar-refractivity contribution in [3.63, 3.8) is 0 Å². The van der Waals surface area contributed by atoms with Crippen LogP contribution in [0.2, 0.25) is 10.6 Å². The van der Waals surface area contributed by atoms with Crippen LogP contribution in [0.1, 0.15) is 25.7 Å². The van der Waals surface area contributed by atoms with Crippen LogP contribution in [0.15, 0.2) is 0 Å². The molecule has 4 rings (SSSR count). The molecule has 1 heterocycles. The summed E-state index contributed by atoms with van der Waals surface area (Å²) in [5.74, 6) is 0.0272. The number of hydrogen-bond donors (Lipinski definition) is 2. The molecule has 2 bridgehead atoms. The third-order valence-electron chi connectivity index (χ3n) is 4.37. The summed E-state index contributed by atoms with van der Waals surface area (Å²) in [6.07, 6.45) is 3.56. The number of aliphatic carboxylic acids is 1. The monoisotopic (exact) mass is 316 g/mol. The number of aromatic nitrogens is 3. The highest BCUT2D eigenvalue weighted by atomic mass is 35.5. The number of carboxylic acids is 1. The molecule has 2 N–H and O–H groups in total. The molecular weight excluding hydrogens is 303 g/mol. The summed E-state index contributed by atoms with van der Waals surface area (Å²) >= 11 is 11.5. The van der Waals surface area contributed by atoms with Crippen LogP contribution < -0.4 is 5.32 Å². The lowest BCUT2D eigenvalue weighted by Crippen LogP contribution is -2.47. The van der Waals surface area contributed by atoms with E-state index in [4.69, 9.17) is 23.2 Å². The smallest absolute Gasteiger partial charge is 0.306 e. The second-order valence-corrected chi connectivity index (χ2v) is 6.14. The number of nitrogens with zero attached hydrogens (tertiary/aromatic N) is 3. The molecule has 3 aliphatic rings. The van der Waals surface area contributed by atoms with E-state index in [0.717, 1.165) is 19.3 Å². The van der Waals surface area contributed by atoms with Gasteiger partial charge < -0.3 is 10.4 Å². The van der Waals surface area contributed by atoms with Gasteiger partial charge in [-0.25, -0.2) is 0 Å². The van der Waals surface area contributed by atoms with Crippen molar-refractivity contribution in [2.45, 2.75) is 31.7 Å². The highest BCUT2D eigenvalue weighted by Crippen LogP contribution is 2.46. The van der Waals surface area contributed by atoms with Crippen molar-refractivity contribution in [2.24, 2.45) is 17.8 Å². The zero-order valence-electron chi connectivity index (χ0n) is 10.6. The summed E-state index contributed by atoms with van der Waals surface area (Å²) in [5, 5.41) is 12.6. The van der Waals surface area contributed by atoms with E-state index < -0.39 is 5.97 Å². The zero-order chi connectivity index (χ0) is 14.3. The number of fused-ring (bicyclic) bond motifs is 3. The van der Waals surface area contributed by atoms with Gasteiger partial charge >= 0.3 is 5.97 Å². The van der Waals surface area contributed by atoms with Crippen molar-refractivity contribution in [1.82, 2.24) is 15.0 Å². The van der Waals surface area contributed by atoms with Gasteiger partial charge in [0.2, 0.25) is 16.5 Å². The molecule has 3 fully saturated rings. The molecule has 0 amide bonds. The number of nitrogens with one attached hydrogen (secondary N) is 1. The topological polar surface area (TPSA) is 88.0 Å². The van der Waals surface area contributed by atoms with Crippen molar-refractivity contribution in [3.8, 4) is 0 Å². The maximum Gasteiger partial charge on any atom is 0.306 e. The Labute approximate surface area is 125 Å². The second-order valence-electron chi connectivity index (χ2n) is 5.46. The normalized spacial score (nSPS) is 32.1. The lowest BCUT2D eigenvalue weighted by atomic mass is 9.62. The molecule has 0 aromatic carbocycles. The minimum Gasteiger partial charge on any atom is -0.481 e. The molecule has 0 aliphatic heterocycles. The fraction of sp³-hybridized carbons (Fsp3) is 0.667. The fourth-order valence-electron chi connectivity index (χ4n) is 3.47. The van der Waals surface area contributed by atoms with Gasteiger partial charge in [0.25, 0.3) is 0 Å². The number of carboxylic acid groups (broad SMARTS) is 1. The van der Waals surface area contributed by atoms with Crippen LogP contribution >= 0.6 is 23.2 Å². The summed E-state index contributed by atoms with van der Waals surface area (Å²) in [6.45, 7) is 0. The fourth-order valence-corrected chi connectivity index (χ4v) is 3.83. The van der Waals surface area contributed by atoms with Crippen molar-refractivity contribution in [3.05, 3.63) is 10.6 Å². The minimum atomic E-state index is -0.676. The second kappa shape index (κ2) is 5.33. The van der Waals surface area contributed by atoms with Crippen LogP contribution in [0.4, 0.5) is 5.95 Å². The Balaban J connectivity index is 1.72. The van der Waals surface area contributed by atoms with Gasteiger partial charge in [0.05, 0.1) is 5.92 Å². The highest BCUT2D eigenvalue weighted by molar-refractivity contribution is 6.31. The number of hydrogen-bond acceptors (Lipinski definition) is 5. The van der Waals surface area contributed by atoms with Crippen molar-refractivity contribution in [2.75, 3.05) is 5.32 Å². The number of carbonyl (C=O) groups is 1. The maximum atomic E-state index is 11.2. The Kier molecular flexibility index (Phi) is 3.69. The van der Waals surface area contributed by atoms with Crippen molar-refractivity contribution >= 4 is 35.1 Å². The Morgan fingerprint density at radius 2 is 1.75 bits per heavy atom. The first-order valence-corrected chi connectivity index (χ1v) is 7.35. The Hall–Kier alpha value is -1.14. The molecule has 0 radical (unpaired) electrons. The first kappa shape index (κ1) is 13.8. The molecule has 108 valence electrons. The molecule has 20 heavy (non-hydrogen) atoms. The van der Waals surface area contributed by atoms with Crippen molar-refractivity contribution < 1.29 is 9.90 Å². The van der Waals surface area contributed by atoms with E-state index in [1.807, 2.05) is 0 Å². The molecule has 8 heteroatoms. The van der Waals surface area contributed by atoms with Gasteiger partial charge in [-0.1, -0.05) is 0 Å². The van der Waals surface area contributed by atoms with E-state index in [-0.39, 0.29) is 28.4 Å². The molecule has 6 nitrogen and oxygen atoms in total. The van der Waals surface area contributed by atoms with Gasteiger partial charge in [0.1, 0.15) is 0 Å². The molecule has 1 aromatic heterocycles. The number of rotatable bonds is 3. The standard InChI is InChI=1S/C12H14Cl2N4O2/c13-10-16-11(14)18-12(17-10)15-8-4-5-1-2-6(8)3-7(5)9(19)20/h5-8H,1-4H2,(H,19,20)(H,15,16,17,18). The SMILES string of the molecule is O=C(O)C1CC2CCC1CC2Nc1nc(Cl)nc(Cl)n1. The van der Waals surface area contributed by atoms with Crippen LogP contribution in [0.5, 0.6) is 0 Å². The first-order valence-electron chi connectivity index (χ1n) is 6.59. The summed E-state index contributed by atoms with van der Waals surface area (Å²) in [4.78, 5) is 22.9. The molecule has 4 atom stereocenters. The number of halogens is 2. The minimum absolute atomic E-state index is 0.0527. The van der Waals surface area contributed by atoms with Crippen LogP contribution in [0.25, 0.3) is 0 Å². The molecule has 3 aliphatic carbocycles. The summed E-state index contributed by atoms with van der Waals surface area (Å²) < 4.78 is 0. The third kappa shape index (κ3) is 2.67. The average Bonchev–Trinajstić information content (AvgIpc) is 2.38. The van der Waals surface area contributed by atoms with Gasteiger partial charge in [0.15, 0.2) is 0 Å². The van der Waals surface area contributed by atoms with E-state index in [0.29, 0.717) is 18.3 Å². The molecule has 1 aromatic rings. The highest BCUT2D eigenvalue weighted by Gasteiger charge is 2.44. The Morgan fingerprint density at radius 3 is 2.30 bits per heavy atom. The lowest BCUT2D eigenvalue weighted by molar-refractivity contribution is -0.147. The lowest BCUT2D eigenvalue weighted by Gasteiger charge is -2.45. The number of anilines is 1. The van der Waals surface area contributed by atoms with E-state index in [1.165, 1.54) is 0 Å². The van der Waals surface area contributed by atoms with Gasteiger partial charge in [-0.2, -0.15) is 15.0 Å². The van der Waals surface area contributed by atoms with E-state index in [9.17, 15) is 9.90 Å². The summed E-state index contributed by atoms with van der Waals surface area (Å²) in [6, 6.07) is 0.180. The quantitative estimate of drug-likeness (QED) is 0.890. The van der Waals surface area contributed by atoms with Crippen LogP contribution in [0, 0.1) is 17.8 Å². The third-order valence-corrected chi connectivity index (χ3v) is 4.71. The van der Waals surface area contributed by atoms with E-state index in [2.05, 4.69) is 20.3 Å². The van der Waals surface area contributed by atoms with Crippen LogP contribution in [-0.4, -0.2) is 32.1 Å². The summed E-state index contributed by atoms with van der Waals surface area (Å²) in [7, 11) is 0. The molecule has 0 saturated heterocycles. The van der Waals surface area contributed by atoms with Gasteiger partial charge in [-0.15, -0.1) is 0 Å². The first-order chi connectivity index (χ1) is 9.52. The van der Waals surface area contributed by atoms with Crippen LogP contribution in [0.3, 0.4) is 0 Å². The zero-order valence-corrected chi connectivity index (χ0v) is 12.1. The molecule has 0 spiro atoms. The average molecular weight is 317 g/mol. The van der Waals surface area contributed by atoms with E-state index in [1.54, 1.807) is 0 Å². The van der Waals surface area contributed by atoms with Gasteiger partial charge in [0, 0.05) is 6.04 Å².